The Labute approximate surface area is 149 Å². The van der Waals surface area contributed by atoms with Gasteiger partial charge in [0.2, 0.25) is 5.91 Å². The number of anilines is 1. The van der Waals surface area contributed by atoms with Crippen LogP contribution < -0.4 is 5.32 Å². The van der Waals surface area contributed by atoms with E-state index in [4.69, 9.17) is 0 Å². The topological polar surface area (TPSA) is 32.3 Å². The van der Waals surface area contributed by atoms with Gasteiger partial charge in [-0.2, -0.15) is 13.2 Å². The van der Waals surface area contributed by atoms with Crippen molar-refractivity contribution in [1.29, 1.82) is 0 Å². The fourth-order valence-corrected chi connectivity index (χ4v) is 2.69. The normalized spacial score (nSPS) is 12.9. The third-order valence-electron chi connectivity index (χ3n) is 4.16. The van der Waals surface area contributed by atoms with Gasteiger partial charge < -0.3 is 5.32 Å². The van der Waals surface area contributed by atoms with Gasteiger partial charge in [0.05, 0.1) is 17.8 Å². The molecule has 1 unspecified atom stereocenters. The van der Waals surface area contributed by atoms with Crippen LogP contribution in [0.15, 0.2) is 48.5 Å². The smallest absolute Gasteiger partial charge is 0.324 e. The summed E-state index contributed by atoms with van der Waals surface area (Å²) in [6.07, 6.45) is -4.55. The average molecular weight is 368 g/mol. The van der Waals surface area contributed by atoms with E-state index in [0.717, 1.165) is 11.6 Å². The van der Waals surface area contributed by atoms with Crippen molar-refractivity contribution in [2.45, 2.75) is 26.1 Å². The highest BCUT2D eigenvalue weighted by molar-refractivity contribution is 5.93. The van der Waals surface area contributed by atoms with E-state index in [-0.39, 0.29) is 24.1 Å². The van der Waals surface area contributed by atoms with Crippen molar-refractivity contribution < 1.29 is 22.4 Å². The van der Waals surface area contributed by atoms with Crippen LogP contribution in [0.5, 0.6) is 0 Å². The standard InChI is InChI=1S/C19H20F4N2O/c1-3-25(13(2)14-8-10-15(20)11-9-14)12-18(26)24-17-7-5-4-6-16(17)19(21,22)23/h4-11,13H,3,12H2,1-2H3,(H,24,26). The Morgan fingerprint density at radius 3 is 2.31 bits per heavy atom. The van der Waals surface area contributed by atoms with Crippen molar-refractivity contribution in [1.82, 2.24) is 4.90 Å². The second-order valence-corrected chi connectivity index (χ2v) is 5.88. The SMILES string of the molecule is CCN(CC(=O)Nc1ccccc1C(F)(F)F)C(C)c1ccc(F)cc1. The molecule has 2 rings (SSSR count). The molecular weight excluding hydrogens is 348 g/mol. The molecule has 3 nitrogen and oxygen atoms in total. The van der Waals surface area contributed by atoms with Crippen LogP contribution in [0.1, 0.15) is 31.0 Å². The second kappa shape index (κ2) is 8.31. The van der Waals surface area contributed by atoms with E-state index in [0.29, 0.717) is 6.54 Å². The number of nitrogens with one attached hydrogen (secondary N) is 1. The van der Waals surface area contributed by atoms with Gasteiger partial charge in [-0.05, 0) is 43.3 Å². The lowest BCUT2D eigenvalue weighted by molar-refractivity contribution is -0.137. The molecule has 0 bridgehead atoms. The number of rotatable bonds is 6. The molecule has 0 aromatic heterocycles. The zero-order valence-electron chi connectivity index (χ0n) is 14.5. The molecule has 1 amide bonds. The number of nitrogens with zero attached hydrogens (tertiary/aromatic N) is 1. The fraction of sp³-hybridized carbons (Fsp3) is 0.316. The summed E-state index contributed by atoms with van der Waals surface area (Å²) in [5, 5.41) is 2.34. The summed E-state index contributed by atoms with van der Waals surface area (Å²) in [4.78, 5) is 14.1. The maximum atomic E-state index is 13.1. The first kappa shape index (κ1) is 19.9. The molecule has 140 valence electrons. The van der Waals surface area contributed by atoms with Crippen LogP contribution in [0.4, 0.5) is 23.2 Å². The molecule has 2 aromatic rings. The van der Waals surface area contributed by atoms with Gasteiger partial charge in [0.25, 0.3) is 0 Å². The van der Waals surface area contributed by atoms with Crippen LogP contribution in [-0.4, -0.2) is 23.9 Å². The fourth-order valence-electron chi connectivity index (χ4n) is 2.69. The predicted molar refractivity (Wildman–Crippen MR) is 92.1 cm³/mol. The van der Waals surface area contributed by atoms with Crippen molar-refractivity contribution in [2.75, 3.05) is 18.4 Å². The van der Waals surface area contributed by atoms with Crippen LogP contribution in [0.2, 0.25) is 0 Å². The van der Waals surface area contributed by atoms with Crippen molar-refractivity contribution in [2.24, 2.45) is 0 Å². The molecule has 2 aromatic carbocycles. The van der Waals surface area contributed by atoms with Gasteiger partial charge in [-0.15, -0.1) is 0 Å². The first-order chi connectivity index (χ1) is 12.2. The number of hydrogen-bond acceptors (Lipinski definition) is 2. The maximum absolute atomic E-state index is 13.1. The molecule has 1 atom stereocenters. The highest BCUT2D eigenvalue weighted by Crippen LogP contribution is 2.34. The van der Waals surface area contributed by atoms with E-state index in [1.54, 1.807) is 17.0 Å². The number of halogens is 4. The van der Waals surface area contributed by atoms with Gasteiger partial charge in [-0.3, -0.25) is 9.69 Å². The summed E-state index contributed by atoms with van der Waals surface area (Å²) in [5.74, 6) is -0.900. The molecule has 0 heterocycles. The Balaban J connectivity index is 2.09. The Morgan fingerprint density at radius 2 is 1.73 bits per heavy atom. The van der Waals surface area contributed by atoms with Gasteiger partial charge in [0.1, 0.15) is 5.82 Å². The molecule has 7 heteroatoms. The lowest BCUT2D eigenvalue weighted by Crippen LogP contribution is -2.35. The van der Waals surface area contributed by atoms with Crippen LogP contribution in [0.3, 0.4) is 0 Å². The summed E-state index contributed by atoms with van der Waals surface area (Å²) in [6, 6.07) is 10.6. The molecule has 26 heavy (non-hydrogen) atoms. The Hall–Kier alpha value is -2.41. The van der Waals surface area contributed by atoms with Gasteiger partial charge in [-0.1, -0.05) is 31.2 Å². The molecule has 0 aliphatic carbocycles. The van der Waals surface area contributed by atoms with Crippen LogP contribution in [-0.2, 0) is 11.0 Å². The summed E-state index contributed by atoms with van der Waals surface area (Å²) in [5.41, 5.74) is -0.338. The highest BCUT2D eigenvalue weighted by Gasteiger charge is 2.33. The zero-order chi connectivity index (χ0) is 19.3. The largest absolute Gasteiger partial charge is 0.418 e. The number of benzene rings is 2. The zero-order valence-corrected chi connectivity index (χ0v) is 14.5. The minimum Gasteiger partial charge on any atom is -0.324 e. The summed E-state index contributed by atoms with van der Waals surface area (Å²) >= 11 is 0. The van der Waals surface area contributed by atoms with Crippen LogP contribution in [0.25, 0.3) is 0 Å². The molecule has 0 saturated heterocycles. The predicted octanol–water partition coefficient (Wildman–Crippen LogP) is 4.87. The summed E-state index contributed by atoms with van der Waals surface area (Å²) in [7, 11) is 0. The number of hydrogen-bond donors (Lipinski definition) is 1. The van der Waals surface area contributed by atoms with E-state index < -0.39 is 17.6 Å². The third-order valence-corrected chi connectivity index (χ3v) is 4.16. The van der Waals surface area contributed by atoms with E-state index in [2.05, 4.69) is 5.32 Å². The van der Waals surface area contributed by atoms with Gasteiger partial charge in [-0.25, -0.2) is 4.39 Å². The Bertz CT molecular complexity index is 744. The molecular formula is C19H20F4N2O. The third kappa shape index (κ3) is 5.05. The summed E-state index contributed by atoms with van der Waals surface area (Å²) in [6.45, 7) is 4.12. The first-order valence-electron chi connectivity index (χ1n) is 8.18. The highest BCUT2D eigenvalue weighted by atomic mass is 19.4. The molecule has 0 aliphatic rings. The number of amides is 1. The van der Waals surface area contributed by atoms with Gasteiger partial charge in [0, 0.05) is 6.04 Å². The Morgan fingerprint density at radius 1 is 1.12 bits per heavy atom. The molecule has 0 fully saturated rings. The Kier molecular flexibility index (Phi) is 6.37. The van der Waals surface area contributed by atoms with Gasteiger partial charge in [0.15, 0.2) is 0 Å². The molecule has 0 spiro atoms. The van der Waals surface area contributed by atoms with Crippen molar-refractivity contribution in [3.05, 3.63) is 65.5 Å². The molecule has 0 aliphatic heterocycles. The lowest BCUT2D eigenvalue weighted by atomic mass is 10.1. The average Bonchev–Trinajstić information content (AvgIpc) is 2.59. The van der Waals surface area contributed by atoms with E-state index in [1.165, 1.54) is 30.3 Å². The number of para-hydroxylation sites is 1. The first-order valence-corrected chi connectivity index (χ1v) is 8.18. The van der Waals surface area contributed by atoms with Crippen LogP contribution in [0, 0.1) is 5.82 Å². The quantitative estimate of drug-likeness (QED) is 0.738. The van der Waals surface area contributed by atoms with Gasteiger partial charge >= 0.3 is 6.18 Å². The lowest BCUT2D eigenvalue weighted by Gasteiger charge is -2.27. The van der Waals surface area contributed by atoms with E-state index >= 15 is 0 Å². The molecule has 1 N–H and O–H groups in total. The molecule has 0 radical (unpaired) electrons. The van der Waals surface area contributed by atoms with E-state index in [9.17, 15) is 22.4 Å². The molecule has 0 saturated carbocycles. The number of carbonyl (C=O) groups is 1. The van der Waals surface area contributed by atoms with E-state index in [1.807, 2.05) is 13.8 Å². The van der Waals surface area contributed by atoms with Crippen molar-refractivity contribution in [3.63, 3.8) is 0 Å². The minimum atomic E-state index is -4.55. The van der Waals surface area contributed by atoms with Crippen molar-refractivity contribution in [3.8, 4) is 0 Å². The monoisotopic (exact) mass is 368 g/mol. The second-order valence-electron chi connectivity index (χ2n) is 5.88. The number of likely N-dealkylation sites (N-methyl/N-ethyl adjacent to an activating group) is 1. The van der Waals surface area contributed by atoms with Crippen molar-refractivity contribution >= 4 is 11.6 Å². The number of carbonyl (C=O) groups excluding carboxylic acids is 1. The minimum absolute atomic E-state index is 0.0821. The number of alkyl halides is 3. The maximum Gasteiger partial charge on any atom is 0.418 e. The van der Waals surface area contributed by atoms with Crippen LogP contribution >= 0.6 is 0 Å². The summed E-state index contributed by atoms with van der Waals surface area (Å²) < 4.78 is 52.1.